The molecular formula is C17H15Cl2NO3S. The van der Waals surface area contributed by atoms with Gasteiger partial charge in [0.05, 0.1) is 16.3 Å². The first kappa shape index (κ1) is 18.6. The Labute approximate surface area is 154 Å². The summed E-state index contributed by atoms with van der Waals surface area (Å²) >= 11 is 13.4. The van der Waals surface area contributed by atoms with Crippen molar-refractivity contribution in [3.05, 3.63) is 58.1 Å². The second kappa shape index (κ2) is 8.42. The van der Waals surface area contributed by atoms with Crippen molar-refractivity contribution < 1.29 is 14.3 Å². The summed E-state index contributed by atoms with van der Waals surface area (Å²) in [5.41, 5.74) is 0.745. The van der Waals surface area contributed by atoms with E-state index in [-0.39, 0.29) is 0 Å². The molecule has 2 rings (SSSR count). The molecule has 0 fully saturated rings. The van der Waals surface area contributed by atoms with Crippen LogP contribution in [0, 0.1) is 0 Å². The third kappa shape index (κ3) is 4.90. The lowest BCUT2D eigenvalue weighted by molar-refractivity contribution is -0.123. The molecule has 7 heteroatoms. The summed E-state index contributed by atoms with van der Waals surface area (Å²) in [5, 5.41) is 3.37. The van der Waals surface area contributed by atoms with Gasteiger partial charge in [-0.2, -0.15) is 0 Å². The molecule has 126 valence electrons. The minimum absolute atomic E-state index is 0.346. The van der Waals surface area contributed by atoms with E-state index in [2.05, 4.69) is 5.32 Å². The lowest BCUT2D eigenvalue weighted by Crippen LogP contribution is -2.30. The van der Waals surface area contributed by atoms with E-state index in [0.717, 1.165) is 4.90 Å². The smallest absolute Gasteiger partial charge is 0.338 e. The molecule has 0 saturated heterocycles. The van der Waals surface area contributed by atoms with E-state index in [1.807, 2.05) is 18.4 Å². The van der Waals surface area contributed by atoms with E-state index in [9.17, 15) is 9.59 Å². The Kier molecular flexibility index (Phi) is 6.54. The lowest BCUT2D eigenvalue weighted by atomic mass is 10.2. The van der Waals surface area contributed by atoms with Crippen molar-refractivity contribution in [2.75, 3.05) is 11.6 Å². The van der Waals surface area contributed by atoms with Crippen LogP contribution >= 0.6 is 35.0 Å². The van der Waals surface area contributed by atoms with Crippen molar-refractivity contribution in [2.24, 2.45) is 0 Å². The monoisotopic (exact) mass is 383 g/mol. The van der Waals surface area contributed by atoms with Crippen molar-refractivity contribution in [1.82, 2.24) is 0 Å². The van der Waals surface area contributed by atoms with Gasteiger partial charge >= 0.3 is 5.97 Å². The fraction of sp³-hybridized carbons (Fsp3) is 0.176. The molecule has 2 aromatic rings. The summed E-state index contributed by atoms with van der Waals surface area (Å²) < 4.78 is 5.18. The molecule has 0 aliphatic heterocycles. The first-order valence-electron chi connectivity index (χ1n) is 7.01. The van der Waals surface area contributed by atoms with E-state index < -0.39 is 18.0 Å². The van der Waals surface area contributed by atoms with Gasteiger partial charge in [-0.1, -0.05) is 23.2 Å². The zero-order chi connectivity index (χ0) is 17.7. The van der Waals surface area contributed by atoms with E-state index in [1.54, 1.807) is 36.0 Å². The van der Waals surface area contributed by atoms with Crippen LogP contribution in [0.3, 0.4) is 0 Å². The van der Waals surface area contributed by atoms with Crippen LogP contribution in [0.25, 0.3) is 0 Å². The Bertz CT molecular complexity index is 750. The van der Waals surface area contributed by atoms with Gasteiger partial charge in [-0.15, -0.1) is 11.8 Å². The fourth-order valence-corrected chi connectivity index (χ4v) is 2.58. The largest absolute Gasteiger partial charge is 0.449 e. The predicted octanol–water partition coefficient (Wildman–Crippen LogP) is 4.90. The number of hydrogen-bond acceptors (Lipinski definition) is 4. The van der Waals surface area contributed by atoms with Crippen molar-refractivity contribution in [1.29, 1.82) is 0 Å². The number of amides is 1. The number of thioether (sulfide) groups is 1. The first-order chi connectivity index (χ1) is 11.4. The molecule has 4 nitrogen and oxygen atoms in total. The van der Waals surface area contributed by atoms with Crippen LogP contribution in [-0.4, -0.2) is 24.2 Å². The molecule has 1 N–H and O–H groups in total. The summed E-state index contributed by atoms with van der Waals surface area (Å²) in [4.78, 5) is 25.3. The Hall–Kier alpha value is -1.69. The molecule has 0 bridgehead atoms. The number of ether oxygens (including phenoxy) is 1. The number of anilines is 1. The molecular weight excluding hydrogens is 369 g/mol. The van der Waals surface area contributed by atoms with Crippen LogP contribution in [0.4, 0.5) is 5.69 Å². The third-order valence-electron chi connectivity index (χ3n) is 3.17. The highest BCUT2D eigenvalue weighted by atomic mass is 35.5. The molecule has 0 spiro atoms. The van der Waals surface area contributed by atoms with Gasteiger partial charge in [-0.05, 0) is 55.6 Å². The van der Waals surface area contributed by atoms with Crippen LogP contribution in [-0.2, 0) is 9.53 Å². The SMILES string of the molecule is CSc1ccc(C(=O)O[C@H](C)C(=O)Nc2cc(Cl)ccc2Cl)cc1. The van der Waals surface area contributed by atoms with Gasteiger partial charge in [-0.25, -0.2) is 4.79 Å². The van der Waals surface area contributed by atoms with E-state index in [1.165, 1.54) is 13.0 Å². The normalized spacial score (nSPS) is 11.7. The summed E-state index contributed by atoms with van der Waals surface area (Å²) in [6.45, 7) is 1.49. The van der Waals surface area contributed by atoms with Crippen molar-refractivity contribution in [3.63, 3.8) is 0 Å². The lowest BCUT2D eigenvalue weighted by Gasteiger charge is -2.14. The Morgan fingerprint density at radius 1 is 1.12 bits per heavy atom. The number of hydrogen-bond donors (Lipinski definition) is 1. The highest BCUT2D eigenvalue weighted by Gasteiger charge is 2.20. The molecule has 0 heterocycles. The zero-order valence-corrected chi connectivity index (χ0v) is 15.3. The molecule has 2 aromatic carbocycles. The van der Waals surface area contributed by atoms with Crippen LogP contribution in [0.15, 0.2) is 47.4 Å². The summed E-state index contributed by atoms with van der Waals surface area (Å²) in [7, 11) is 0. The van der Waals surface area contributed by atoms with Crippen LogP contribution in [0.1, 0.15) is 17.3 Å². The number of halogens is 2. The Balaban J connectivity index is 1.99. The van der Waals surface area contributed by atoms with Gasteiger partial charge in [0.25, 0.3) is 5.91 Å². The van der Waals surface area contributed by atoms with Crippen molar-refractivity contribution in [2.45, 2.75) is 17.9 Å². The van der Waals surface area contributed by atoms with E-state index >= 15 is 0 Å². The van der Waals surface area contributed by atoms with E-state index in [0.29, 0.717) is 21.3 Å². The maximum absolute atomic E-state index is 12.1. The maximum atomic E-state index is 12.1. The number of carbonyl (C=O) groups is 2. The molecule has 0 aromatic heterocycles. The highest BCUT2D eigenvalue weighted by molar-refractivity contribution is 7.98. The van der Waals surface area contributed by atoms with E-state index in [4.69, 9.17) is 27.9 Å². The molecule has 24 heavy (non-hydrogen) atoms. The zero-order valence-electron chi connectivity index (χ0n) is 13.0. The third-order valence-corrected chi connectivity index (χ3v) is 4.47. The minimum Gasteiger partial charge on any atom is -0.449 e. The number of esters is 1. The van der Waals surface area contributed by atoms with Gasteiger partial charge in [0.2, 0.25) is 0 Å². The number of nitrogens with one attached hydrogen (secondary N) is 1. The van der Waals surface area contributed by atoms with Crippen molar-refractivity contribution >= 4 is 52.5 Å². The number of carbonyl (C=O) groups excluding carboxylic acids is 2. The second-order valence-electron chi connectivity index (χ2n) is 4.89. The number of rotatable bonds is 5. The molecule has 0 saturated carbocycles. The van der Waals surface area contributed by atoms with Gasteiger partial charge in [0.15, 0.2) is 6.10 Å². The highest BCUT2D eigenvalue weighted by Crippen LogP contribution is 2.25. The summed E-state index contributed by atoms with van der Waals surface area (Å²) in [6, 6.07) is 11.7. The molecule has 0 aliphatic rings. The minimum atomic E-state index is -0.979. The van der Waals surface area contributed by atoms with Crippen LogP contribution in [0.2, 0.25) is 10.0 Å². The molecule has 1 atom stereocenters. The topological polar surface area (TPSA) is 55.4 Å². The molecule has 0 radical (unpaired) electrons. The van der Waals surface area contributed by atoms with Gasteiger partial charge < -0.3 is 10.1 Å². The van der Waals surface area contributed by atoms with Crippen LogP contribution < -0.4 is 5.32 Å². The van der Waals surface area contributed by atoms with Crippen LogP contribution in [0.5, 0.6) is 0 Å². The van der Waals surface area contributed by atoms with Gasteiger partial charge in [-0.3, -0.25) is 4.79 Å². The summed E-state index contributed by atoms with van der Waals surface area (Å²) in [6.07, 6.45) is 0.966. The Morgan fingerprint density at radius 3 is 2.42 bits per heavy atom. The van der Waals surface area contributed by atoms with Gasteiger partial charge in [0.1, 0.15) is 0 Å². The van der Waals surface area contributed by atoms with Crippen molar-refractivity contribution in [3.8, 4) is 0 Å². The molecule has 0 unspecified atom stereocenters. The average molecular weight is 384 g/mol. The molecule has 0 aliphatic carbocycles. The quantitative estimate of drug-likeness (QED) is 0.589. The second-order valence-corrected chi connectivity index (χ2v) is 6.61. The fourth-order valence-electron chi connectivity index (χ4n) is 1.84. The maximum Gasteiger partial charge on any atom is 0.338 e. The van der Waals surface area contributed by atoms with Gasteiger partial charge in [0, 0.05) is 9.92 Å². The summed E-state index contributed by atoms with van der Waals surface area (Å²) in [5.74, 6) is -1.06. The Morgan fingerprint density at radius 2 is 1.79 bits per heavy atom. The standard InChI is InChI=1S/C17H15Cl2NO3S/c1-10(16(21)20-15-9-12(18)5-8-14(15)19)23-17(22)11-3-6-13(24-2)7-4-11/h3-10H,1-2H3,(H,20,21)/t10-/m1/s1. The predicted molar refractivity (Wildman–Crippen MR) is 98.2 cm³/mol. The first-order valence-corrected chi connectivity index (χ1v) is 8.99. The molecule has 1 amide bonds. The number of benzene rings is 2. The average Bonchev–Trinajstić information content (AvgIpc) is 2.58.